The Bertz CT molecular complexity index is 345. The van der Waals surface area contributed by atoms with Gasteiger partial charge in [-0.25, -0.2) is 0 Å². The first kappa shape index (κ1) is 18.0. The average Bonchev–Trinajstić information content (AvgIpc) is 2.43. The van der Waals surface area contributed by atoms with Crippen LogP contribution in [-0.4, -0.2) is 0 Å². The molecule has 1 rings (SSSR count). The molecule has 0 spiro atoms. The Labute approximate surface area is 122 Å². The molecule has 0 aromatic heterocycles. The van der Waals surface area contributed by atoms with E-state index in [1.54, 1.807) is 5.57 Å². The van der Waals surface area contributed by atoms with Gasteiger partial charge in [0.25, 0.3) is 0 Å². The summed E-state index contributed by atoms with van der Waals surface area (Å²) in [7, 11) is 0. The van der Waals surface area contributed by atoms with Gasteiger partial charge in [-0.05, 0) is 56.1 Å². The summed E-state index contributed by atoms with van der Waals surface area (Å²) in [5, 5.41) is 0. The predicted octanol–water partition coefficient (Wildman–Crippen LogP) is 6.86. The molecule has 1 aliphatic rings. The van der Waals surface area contributed by atoms with Gasteiger partial charge in [0.1, 0.15) is 0 Å². The van der Waals surface area contributed by atoms with Crippen molar-refractivity contribution in [2.75, 3.05) is 0 Å². The molecule has 0 heterocycles. The standard InChI is InChI=1S/C17H26.C2H6.H2/c1-5-6-7-10-16-11-8-9-12-17(16)13-15(4)14(2)3;1-2;/h6-7,10,12,15H,2,5,8-9,11,13H2,1,3-4H3;1-2H3;1H/b7-6-,16-10+;;. The van der Waals surface area contributed by atoms with Crippen LogP contribution in [0.5, 0.6) is 0 Å². The summed E-state index contributed by atoms with van der Waals surface area (Å²) in [6, 6.07) is 0. The lowest BCUT2D eigenvalue weighted by atomic mass is 9.85. The van der Waals surface area contributed by atoms with Gasteiger partial charge < -0.3 is 0 Å². The largest absolute Gasteiger partial charge is 0.0999 e. The zero-order valence-corrected chi connectivity index (χ0v) is 13.6. The predicted molar refractivity (Wildman–Crippen MR) is 91.5 cm³/mol. The molecular weight excluding hydrogens is 228 g/mol. The van der Waals surface area contributed by atoms with Crippen molar-refractivity contribution in [3.05, 3.63) is 47.6 Å². The monoisotopic (exact) mass is 262 g/mol. The molecule has 0 fully saturated rings. The van der Waals surface area contributed by atoms with Crippen molar-refractivity contribution in [1.82, 2.24) is 0 Å². The van der Waals surface area contributed by atoms with Gasteiger partial charge in [0, 0.05) is 1.43 Å². The van der Waals surface area contributed by atoms with Crippen LogP contribution in [0.15, 0.2) is 47.6 Å². The van der Waals surface area contributed by atoms with Crippen LogP contribution in [0.2, 0.25) is 0 Å². The Morgan fingerprint density at radius 3 is 2.74 bits per heavy atom. The first-order chi connectivity index (χ1) is 9.15. The smallest absolute Gasteiger partial charge is 0 e. The molecule has 0 nitrogen and oxygen atoms in total. The Hall–Kier alpha value is -1.04. The van der Waals surface area contributed by atoms with Crippen molar-refractivity contribution >= 4 is 0 Å². The van der Waals surface area contributed by atoms with E-state index in [1.165, 1.54) is 30.4 Å². The highest BCUT2D eigenvalue weighted by molar-refractivity contribution is 5.36. The molecule has 0 aliphatic heterocycles. The minimum atomic E-state index is 0. The first-order valence-corrected chi connectivity index (χ1v) is 7.85. The highest BCUT2D eigenvalue weighted by Gasteiger charge is 2.13. The van der Waals surface area contributed by atoms with Crippen molar-refractivity contribution in [1.29, 1.82) is 0 Å². The molecule has 0 saturated carbocycles. The molecule has 1 aliphatic carbocycles. The third-order valence-electron chi connectivity index (χ3n) is 3.49. The maximum atomic E-state index is 4.06. The summed E-state index contributed by atoms with van der Waals surface area (Å²) in [6.07, 6.45) is 15.2. The number of hydrogen-bond donors (Lipinski definition) is 0. The second-order valence-corrected chi connectivity index (χ2v) is 5.10. The molecule has 1 atom stereocenters. The quantitative estimate of drug-likeness (QED) is 0.474. The summed E-state index contributed by atoms with van der Waals surface area (Å²) in [5.41, 5.74) is 4.38. The van der Waals surface area contributed by atoms with E-state index in [9.17, 15) is 0 Å². The van der Waals surface area contributed by atoms with Gasteiger partial charge in [-0.15, -0.1) is 0 Å². The molecule has 19 heavy (non-hydrogen) atoms. The minimum absolute atomic E-state index is 0. The van der Waals surface area contributed by atoms with Gasteiger partial charge in [0.2, 0.25) is 0 Å². The fourth-order valence-corrected chi connectivity index (χ4v) is 2.09. The van der Waals surface area contributed by atoms with E-state index < -0.39 is 0 Å². The molecule has 0 saturated heterocycles. The minimum Gasteiger partial charge on any atom is -0.0999 e. The highest BCUT2D eigenvalue weighted by atomic mass is 14.2. The second kappa shape index (κ2) is 10.8. The molecular formula is C19H34. The average molecular weight is 262 g/mol. The van der Waals surface area contributed by atoms with Crippen LogP contribution in [0, 0.1) is 5.92 Å². The molecule has 0 bridgehead atoms. The van der Waals surface area contributed by atoms with Crippen LogP contribution in [0.1, 0.15) is 68.1 Å². The molecule has 110 valence electrons. The lowest BCUT2D eigenvalue weighted by Crippen LogP contribution is -2.03. The van der Waals surface area contributed by atoms with E-state index in [1.807, 2.05) is 13.8 Å². The van der Waals surface area contributed by atoms with Crippen molar-refractivity contribution in [2.24, 2.45) is 5.92 Å². The SMILES string of the molecule is C=C(C)C(C)CC1=CCCC/C1=C\C=C/CC.CC.[HH]. The third-order valence-corrected chi connectivity index (χ3v) is 3.49. The highest BCUT2D eigenvalue weighted by Crippen LogP contribution is 2.30. The van der Waals surface area contributed by atoms with Crippen LogP contribution in [0.25, 0.3) is 0 Å². The first-order valence-electron chi connectivity index (χ1n) is 7.85. The Morgan fingerprint density at radius 2 is 2.16 bits per heavy atom. The molecule has 0 aromatic carbocycles. The molecule has 1 unspecified atom stereocenters. The van der Waals surface area contributed by atoms with E-state index in [2.05, 4.69) is 51.7 Å². The zero-order chi connectivity index (χ0) is 14.7. The van der Waals surface area contributed by atoms with Crippen LogP contribution < -0.4 is 0 Å². The van der Waals surface area contributed by atoms with Crippen LogP contribution in [-0.2, 0) is 0 Å². The normalized spacial score (nSPS) is 18.8. The fourth-order valence-electron chi connectivity index (χ4n) is 2.09. The summed E-state index contributed by atoms with van der Waals surface area (Å²) >= 11 is 0. The van der Waals surface area contributed by atoms with E-state index in [0.29, 0.717) is 5.92 Å². The van der Waals surface area contributed by atoms with Gasteiger partial charge in [0.15, 0.2) is 0 Å². The zero-order valence-electron chi connectivity index (χ0n) is 13.6. The number of allylic oxidation sites excluding steroid dienone is 7. The van der Waals surface area contributed by atoms with E-state index >= 15 is 0 Å². The van der Waals surface area contributed by atoms with Crippen molar-refractivity contribution in [2.45, 2.75) is 66.7 Å². The molecule has 0 N–H and O–H groups in total. The van der Waals surface area contributed by atoms with Crippen LogP contribution >= 0.6 is 0 Å². The summed E-state index contributed by atoms with van der Waals surface area (Å²) in [4.78, 5) is 0. The van der Waals surface area contributed by atoms with Gasteiger partial charge in [-0.3, -0.25) is 0 Å². The molecule has 0 aromatic rings. The maximum Gasteiger partial charge on any atom is 0 e. The van der Waals surface area contributed by atoms with Crippen molar-refractivity contribution in [3.63, 3.8) is 0 Å². The molecule has 0 radical (unpaired) electrons. The van der Waals surface area contributed by atoms with E-state index in [0.717, 1.165) is 12.8 Å². The second-order valence-electron chi connectivity index (χ2n) is 5.10. The lowest BCUT2D eigenvalue weighted by Gasteiger charge is -2.20. The van der Waals surface area contributed by atoms with Crippen LogP contribution in [0.3, 0.4) is 0 Å². The topological polar surface area (TPSA) is 0 Å². The Morgan fingerprint density at radius 1 is 1.47 bits per heavy atom. The van der Waals surface area contributed by atoms with Gasteiger partial charge in [0.05, 0.1) is 0 Å². The number of hydrogen-bond acceptors (Lipinski definition) is 0. The van der Waals surface area contributed by atoms with Gasteiger partial charge in [-0.2, -0.15) is 0 Å². The Kier molecular flexibility index (Phi) is 10.2. The summed E-state index contributed by atoms with van der Waals surface area (Å²) in [5.74, 6) is 0.595. The van der Waals surface area contributed by atoms with Gasteiger partial charge in [-0.1, -0.05) is 64.2 Å². The van der Waals surface area contributed by atoms with E-state index in [-0.39, 0.29) is 1.43 Å². The fraction of sp³-hybridized carbons (Fsp3) is 0.579. The van der Waals surface area contributed by atoms with Gasteiger partial charge >= 0.3 is 0 Å². The maximum absolute atomic E-state index is 4.06. The summed E-state index contributed by atoms with van der Waals surface area (Å²) in [6.45, 7) is 14.6. The Balaban J connectivity index is 0. The van der Waals surface area contributed by atoms with Crippen molar-refractivity contribution < 1.29 is 1.43 Å². The molecule has 0 amide bonds. The molecule has 0 heteroatoms. The summed E-state index contributed by atoms with van der Waals surface area (Å²) < 4.78 is 0. The third kappa shape index (κ3) is 7.20. The van der Waals surface area contributed by atoms with E-state index in [4.69, 9.17) is 0 Å². The van der Waals surface area contributed by atoms with Crippen molar-refractivity contribution in [3.8, 4) is 0 Å². The van der Waals surface area contributed by atoms with Crippen LogP contribution in [0.4, 0.5) is 0 Å². The number of rotatable bonds is 5. The lowest BCUT2D eigenvalue weighted by molar-refractivity contribution is 0.656.